The molecule has 0 spiro atoms. The van der Waals surface area contributed by atoms with Gasteiger partial charge in [-0.15, -0.1) is 0 Å². The highest BCUT2D eigenvalue weighted by molar-refractivity contribution is 6.35. The van der Waals surface area contributed by atoms with Crippen molar-refractivity contribution in [2.24, 2.45) is 0 Å². The number of carbonyl (C=O) groups excluding carboxylic acids is 1. The van der Waals surface area contributed by atoms with Gasteiger partial charge in [0.1, 0.15) is 11.3 Å². The first-order valence-electron chi connectivity index (χ1n) is 9.80. The molecule has 0 aliphatic carbocycles. The van der Waals surface area contributed by atoms with Gasteiger partial charge in [-0.25, -0.2) is 9.97 Å². The second kappa shape index (κ2) is 8.53. The third-order valence-electron chi connectivity index (χ3n) is 4.99. The molecular weight excluding hydrogens is 447 g/mol. The van der Waals surface area contributed by atoms with E-state index >= 15 is 0 Å². The van der Waals surface area contributed by atoms with Crippen LogP contribution in [0.5, 0.6) is 0 Å². The Labute approximate surface area is 192 Å². The normalized spacial score (nSPS) is 11.2. The minimum absolute atomic E-state index is 0.244. The summed E-state index contributed by atoms with van der Waals surface area (Å²) in [4.78, 5) is 33.0. The van der Waals surface area contributed by atoms with Gasteiger partial charge in [-0.05, 0) is 41.5 Å². The maximum atomic E-state index is 12.6. The van der Waals surface area contributed by atoms with E-state index in [-0.39, 0.29) is 11.6 Å². The minimum atomic E-state index is -0.317. The van der Waals surface area contributed by atoms with Gasteiger partial charge in [0.25, 0.3) is 5.91 Å². The number of H-pyrrole nitrogens is 1. The summed E-state index contributed by atoms with van der Waals surface area (Å²) in [5, 5.41) is 5.85. The van der Waals surface area contributed by atoms with Crippen molar-refractivity contribution in [3.8, 4) is 0 Å². The fourth-order valence-corrected chi connectivity index (χ4v) is 3.82. The van der Waals surface area contributed by atoms with Crippen LogP contribution in [0.1, 0.15) is 27.3 Å². The number of nitrogens with zero attached hydrogens (tertiary/aromatic N) is 4. The number of aromatic amines is 1. The Morgan fingerprint density at radius 3 is 2.78 bits per heavy atom. The molecule has 2 N–H and O–H groups in total. The predicted molar refractivity (Wildman–Crippen MR) is 124 cm³/mol. The summed E-state index contributed by atoms with van der Waals surface area (Å²) in [6.07, 6.45) is 8.75. The number of rotatable bonds is 5. The molecule has 0 saturated carbocycles. The van der Waals surface area contributed by atoms with Gasteiger partial charge in [0.15, 0.2) is 0 Å². The molecule has 158 valence electrons. The Balaban J connectivity index is 1.29. The van der Waals surface area contributed by atoms with Gasteiger partial charge in [0.2, 0.25) is 0 Å². The minimum Gasteiger partial charge on any atom is -0.347 e. The first-order chi connectivity index (χ1) is 15.5. The standard InChI is InChI=1S/C23H16Cl2N6O/c24-16-1-2-20-15(6-16)3-13(7-27-20)4-17-10-26-12-21(31-17)23(32)30-9-14-5-18-19(25)11-29-22(18)28-8-14/h1-3,5-8,10-12H,4,9H2,(H,28,29)(H,30,32). The zero-order chi connectivity index (χ0) is 22.1. The molecule has 0 atom stereocenters. The van der Waals surface area contributed by atoms with Crippen LogP contribution in [0.15, 0.2) is 61.3 Å². The summed E-state index contributed by atoms with van der Waals surface area (Å²) in [6, 6.07) is 9.46. The maximum Gasteiger partial charge on any atom is 0.271 e. The Morgan fingerprint density at radius 1 is 1.00 bits per heavy atom. The molecule has 32 heavy (non-hydrogen) atoms. The lowest BCUT2D eigenvalue weighted by Gasteiger charge is -2.07. The molecule has 0 unspecified atom stereocenters. The van der Waals surface area contributed by atoms with Crippen LogP contribution in [0.3, 0.4) is 0 Å². The summed E-state index contributed by atoms with van der Waals surface area (Å²) in [7, 11) is 0. The molecule has 0 saturated heterocycles. The number of nitrogens with one attached hydrogen (secondary N) is 2. The van der Waals surface area contributed by atoms with Crippen molar-refractivity contribution in [1.82, 2.24) is 30.2 Å². The van der Waals surface area contributed by atoms with E-state index in [9.17, 15) is 4.79 Å². The first-order valence-corrected chi connectivity index (χ1v) is 10.6. The Hall–Kier alpha value is -3.55. The predicted octanol–water partition coefficient (Wildman–Crippen LogP) is 4.73. The maximum absolute atomic E-state index is 12.6. The molecule has 4 aromatic heterocycles. The number of hydrogen-bond acceptors (Lipinski definition) is 5. The highest BCUT2D eigenvalue weighted by Crippen LogP contribution is 2.22. The summed E-state index contributed by atoms with van der Waals surface area (Å²) in [5.41, 5.74) is 4.27. The molecule has 9 heteroatoms. The molecule has 0 aliphatic rings. The number of amides is 1. The highest BCUT2D eigenvalue weighted by Gasteiger charge is 2.11. The molecule has 1 amide bonds. The summed E-state index contributed by atoms with van der Waals surface area (Å²) in [6.45, 7) is 0.296. The van der Waals surface area contributed by atoms with Gasteiger partial charge >= 0.3 is 0 Å². The van der Waals surface area contributed by atoms with Crippen molar-refractivity contribution in [3.05, 3.63) is 93.9 Å². The Morgan fingerprint density at radius 2 is 1.88 bits per heavy atom. The van der Waals surface area contributed by atoms with E-state index in [1.54, 1.807) is 24.8 Å². The zero-order valence-corrected chi connectivity index (χ0v) is 18.2. The molecule has 0 bridgehead atoms. The van der Waals surface area contributed by atoms with Crippen molar-refractivity contribution in [2.75, 3.05) is 0 Å². The molecule has 5 aromatic rings. The lowest BCUT2D eigenvalue weighted by Crippen LogP contribution is -2.24. The van der Waals surface area contributed by atoms with Crippen molar-refractivity contribution >= 4 is 51.0 Å². The van der Waals surface area contributed by atoms with Gasteiger partial charge < -0.3 is 10.3 Å². The van der Waals surface area contributed by atoms with Crippen molar-refractivity contribution in [2.45, 2.75) is 13.0 Å². The second-order valence-corrected chi connectivity index (χ2v) is 8.16. The topological polar surface area (TPSA) is 96.5 Å². The smallest absolute Gasteiger partial charge is 0.271 e. The number of carbonyl (C=O) groups is 1. The third kappa shape index (κ3) is 4.26. The van der Waals surface area contributed by atoms with Gasteiger partial charge in [0.05, 0.1) is 22.4 Å². The summed E-state index contributed by atoms with van der Waals surface area (Å²) < 4.78 is 0. The van der Waals surface area contributed by atoms with Crippen LogP contribution >= 0.6 is 23.2 Å². The van der Waals surface area contributed by atoms with Crippen molar-refractivity contribution < 1.29 is 4.79 Å². The second-order valence-electron chi connectivity index (χ2n) is 7.31. The van der Waals surface area contributed by atoms with E-state index in [0.717, 1.165) is 27.4 Å². The zero-order valence-electron chi connectivity index (χ0n) is 16.6. The first kappa shape index (κ1) is 20.4. The van der Waals surface area contributed by atoms with E-state index < -0.39 is 0 Å². The highest BCUT2D eigenvalue weighted by atomic mass is 35.5. The number of fused-ring (bicyclic) bond motifs is 2. The van der Waals surface area contributed by atoms with E-state index in [2.05, 4.69) is 30.2 Å². The average Bonchev–Trinajstić information content (AvgIpc) is 3.17. The lowest BCUT2D eigenvalue weighted by atomic mass is 10.1. The van der Waals surface area contributed by atoms with Gasteiger partial charge in [-0.3, -0.25) is 14.8 Å². The Kier molecular flexibility index (Phi) is 5.43. The van der Waals surface area contributed by atoms with Crippen LogP contribution in [-0.4, -0.2) is 30.8 Å². The third-order valence-corrected chi connectivity index (χ3v) is 5.54. The quantitative estimate of drug-likeness (QED) is 0.393. The molecule has 5 rings (SSSR count). The van der Waals surface area contributed by atoms with E-state index in [1.807, 2.05) is 30.3 Å². The molecule has 4 heterocycles. The van der Waals surface area contributed by atoms with Crippen LogP contribution in [0, 0.1) is 0 Å². The molecular formula is C23H16Cl2N6O. The van der Waals surface area contributed by atoms with E-state index in [4.69, 9.17) is 23.2 Å². The van der Waals surface area contributed by atoms with Crippen molar-refractivity contribution in [3.63, 3.8) is 0 Å². The molecule has 1 aromatic carbocycles. The Bertz CT molecular complexity index is 1470. The number of hydrogen-bond donors (Lipinski definition) is 2. The summed E-state index contributed by atoms with van der Waals surface area (Å²) in [5.74, 6) is -0.317. The molecule has 0 fully saturated rings. The largest absolute Gasteiger partial charge is 0.347 e. The monoisotopic (exact) mass is 462 g/mol. The fourth-order valence-electron chi connectivity index (χ4n) is 3.44. The van der Waals surface area contributed by atoms with Gasteiger partial charge in [-0.1, -0.05) is 23.2 Å². The van der Waals surface area contributed by atoms with Crippen LogP contribution < -0.4 is 5.32 Å². The molecule has 0 radical (unpaired) electrons. The summed E-state index contributed by atoms with van der Waals surface area (Å²) >= 11 is 12.2. The van der Waals surface area contributed by atoms with Crippen LogP contribution in [-0.2, 0) is 13.0 Å². The fraction of sp³-hybridized carbons (Fsp3) is 0.0870. The number of aromatic nitrogens is 5. The van der Waals surface area contributed by atoms with Crippen LogP contribution in [0.2, 0.25) is 10.0 Å². The van der Waals surface area contributed by atoms with E-state index in [1.165, 1.54) is 6.20 Å². The number of pyridine rings is 2. The SMILES string of the molecule is O=C(NCc1cnc2[nH]cc(Cl)c2c1)c1cncc(Cc2cnc3ccc(Cl)cc3c2)n1. The molecule has 0 aliphatic heterocycles. The van der Waals surface area contributed by atoms with Gasteiger partial charge in [-0.2, -0.15) is 0 Å². The number of benzene rings is 1. The lowest BCUT2D eigenvalue weighted by molar-refractivity contribution is 0.0945. The molecule has 7 nitrogen and oxygen atoms in total. The van der Waals surface area contributed by atoms with Crippen LogP contribution in [0.25, 0.3) is 21.9 Å². The average molecular weight is 463 g/mol. The number of halogens is 2. The van der Waals surface area contributed by atoms with E-state index in [0.29, 0.717) is 34.4 Å². The van der Waals surface area contributed by atoms with Gasteiger partial charge in [0, 0.05) is 53.5 Å². The van der Waals surface area contributed by atoms with Crippen LogP contribution in [0.4, 0.5) is 0 Å². The van der Waals surface area contributed by atoms with Crippen molar-refractivity contribution in [1.29, 1.82) is 0 Å².